The summed E-state index contributed by atoms with van der Waals surface area (Å²) in [4.78, 5) is 12.2. The standard InChI is InChI=1S/C19H19ClN4O3S2/c1-11-4-9-16(12(2)10-11)13(3)24-29(26,27)19-23-22-18(28-19)21-17(25)14-5-7-15(20)8-6-14/h4-10,13,24H,1-3H3,(H,21,22,25). The van der Waals surface area contributed by atoms with Gasteiger partial charge in [-0.3, -0.25) is 10.1 Å². The highest BCUT2D eigenvalue weighted by Crippen LogP contribution is 2.24. The van der Waals surface area contributed by atoms with E-state index in [1.54, 1.807) is 31.2 Å². The van der Waals surface area contributed by atoms with Crippen LogP contribution in [-0.2, 0) is 10.0 Å². The number of sulfonamides is 1. The smallest absolute Gasteiger partial charge is 0.270 e. The molecule has 2 aromatic carbocycles. The van der Waals surface area contributed by atoms with Gasteiger partial charge in [0.1, 0.15) is 0 Å². The fourth-order valence-corrected chi connectivity index (χ4v) is 5.06. The van der Waals surface area contributed by atoms with Gasteiger partial charge in [0, 0.05) is 16.6 Å². The Morgan fingerprint density at radius 2 is 1.79 bits per heavy atom. The minimum absolute atomic E-state index is 0.0875. The van der Waals surface area contributed by atoms with E-state index in [1.165, 1.54) is 0 Å². The number of aryl methyl sites for hydroxylation is 2. The van der Waals surface area contributed by atoms with Crippen molar-refractivity contribution in [2.24, 2.45) is 0 Å². The van der Waals surface area contributed by atoms with Crippen LogP contribution in [0.2, 0.25) is 5.02 Å². The second kappa shape index (κ2) is 8.58. The minimum Gasteiger partial charge on any atom is -0.296 e. The first-order valence-electron chi connectivity index (χ1n) is 8.65. The third kappa shape index (κ3) is 5.18. The molecule has 0 saturated carbocycles. The molecule has 1 unspecified atom stereocenters. The fourth-order valence-electron chi connectivity index (χ4n) is 2.80. The Kier molecular flexibility index (Phi) is 6.33. The number of carbonyl (C=O) groups is 1. The van der Waals surface area contributed by atoms with Gasteiger partial charge >= 0.3 is 0 Å². The van der Waals surface area contributed by atoms with Crippen LogP contribution in [0.25, 0.3) is 0 Å². The van der Waals surface area contributed by atoms with E-state index in [9.17, 15) is 13.2 Å². The maximum atomic E-state index is 12.7. The van der Waals surface area contributed by atoms with Gasteiger partial charge in [-0.1, -0.05) is 46.7 Å². The third-order valence-electron chi connectivity index (χ3n) is 4.19. The number of hydrogen-bond acceptors (Lipinski definition) is 6. The molecule has 3 aromatic rings. The first-order chi connectivity index (χ1) is 13.7. The molecule has 7 nitrogen and oxygen atoms in total. The highest BCUT2D eigenvalue weighted by atomic mass is 35.5. The summed E-state index contributed by atoms with van der Waals surface area (Å²) < 4.78 is 27.7. The molecule has 0 aliphatic heterocycles. The highest BCUT2D eigenvalue weighted by molar-refractivity contribution is 7.91. The number of rotatable bonds is 6. The Morgan fingerprint density at radius 1 is 1.10 bits per heavy atom. The maximum absolute atomic E-state index is 12.7. The molecule has 10 heteroatoms. The van der Waals surface area contributed by atoms with Crippen molar-refractivity contribution in [2.75, 3.05) is 5.32 Å². The van der Waals surface area contributed by atoms with E-state index in [2.05, 4.69) is 20.2 Å². The maximum Gasteiger partial charge on any atom is 0.270 e. The summed E-state index contributed by atoms with van der Waals surface area (Å²) in [5.74, 6) is -0.432. The number of hydrogen-bond donors (Lipinski definition) is 2. The van der Waals surface area contributed by atoms with Gasteiger partial charge in [-0.2, -0.15) is 0 Å². The van der Waals surface area contributed by atoms with Crippen LogP contribution in [0.3, 0.4) is 0 Å². The van der Waals surface area contributed by atoms with Crippen molar-refractivity contribution in [3.05, 3.63) is 69.7 Å². The lowest BCUT2D eigenvalue weighted by molar-refractivity contribution is 0.102. The van der Waals surface area contributed by atoms with Crippen molar-refractivity contribution < 1.29 is 13.2 Å². The SMILES string of the molecule is Cc1ccc(C(C)NS(=O)(=O)c2nnc(NC(=O)c3ccc(Cl)cc3)s2)c(C)c1. The van der Waals surface area contributed by atoms with Crippen LogP contribution in [0.5, 0.6) is 0 Å². The average molecular weight is 451 g/mol. The molecule has 0 saturated heterocycles. The summed E-state index contributed by atoms with van der Waals surface area (Å²) in [5, 5.41) is 10.6. The Hall–Kier alpha value is -2.33. The zero-order valence-corrected chi connectivity index (χ0v) is 18.3. The molecule has 1 amide bonds. The Morgan fingerprint density at radius 3 is 2.45 bits per heavy atom. The molecule has 0 radical (unpaired) electrons. The van der Waals surface area contributed by atoms with Gasteiger partial charge in [-0.05, 0) is 56.2 Å². The zero-order valence-electron chi connectivity index (χ0n) is 15.9. The molecule has 1 atom stereocenters. The monoisotopic (exact) mass is 450 g/mol. The third-order valence-corrected chi connectivity index (χ3v) is 7.19. The van der Waals surface area contributed by atoms with Gasteiger partial charge in [0.25, 0.3) is 15.9 Å². The van der Waals surface area contributed by atoms with Crippen LogP contribution < -0.4 is 10.0 Å². The molecule has 0 fully saturated rings. The average Bonchev–Trinajstić information content (AvgIpc) is 3.11. The topological polar surface area (TPSA) is 101 Å². The lowest BCUT2D eigenvalue weighted by atomic mass is 10.0. The normalized spacial score (nSPS) is 12.6. The number of nitrogens with zero attached hydrogens (tertiary/aromatic N) is 2. The Balaban J connectivity index is 1.72. The van der Waals surface area contributed by atoms with E-state index >= 15 is 0 Å². The van der Waals surface area contributed by atoms with Gasteiger partial charge in [-0.25, -0.2) is 13.1 Å². The molecule has 0 aliphatic carbocycles. The van der Waals surface area contributed by atoms with Crippen molar-refractivity contribution in [1.29, 1.82) is 0 Å². The second-order valence-electron chi connectivity index (χ2n) is 6.54. The predicted molar refractivity (Wildman–Crippen MR) is 114 cm³/mol. The molecule has 1 aromatic heterocycles. The lowest BCUT2D eigenvalue weighted by Crippen LogP contribution is -2.27. The number of nitrogens with one attached hydrogen (secondary N) is 2. The fraction of sp³-hybridized carbons (Fsp3) is 0.211. The Labute approximate surface area is 178 Å². The van der Waals surface area contributed by atoms with Gasteiger partial charge in [0.2, 0.25) is 9.47 Å². The molecular formula is C19H19ClN4O3S2. The summed E-state index contributed by atoms with van der Waals surface area (Å²) in [7, 11) is -3.89. The molecule has 0 aliphatic rings. The van der Waals surface area contributed by atoms with Crippen LogP contribution in [0.4, 0.5) is 5.13 Å². The van der Waals surface area contributed by atoms with Crippen molar-refractivity contribution in [2.45, 2.75) is 31.2 Å². The number of amides is 1. The van der Waals surface area contributed by atoms with Crippen molar-refractivity contribution in [3.8, 4) is 0 Å². The van der Waals surface area contributed by atoms with Crippen molar-refractivity contribution in [1.82, 2.24) is 14.9 Å². The van der Waals surface area contributed by atoms with E-state index in [0.29, 0.717) is 10.6 Å². The van der Waals surface area contributed by atoms with Gasteiger partial charge in [0.05, 0.1) is 0 Å². The molecular weight excluding hydrogens is 432 g/mol. The van der Waals surface area contributed by atoms with E-state index in [0.717, 1.165) is 28.0 Å². The molecule has 0 spiro atoms. The number of benzene rings is 2. The molecule has 2 N–H and O–H groups in total. The van der Waals surface area contributed by atoms with Crippen LogP contribution in [0.15, 0.2) is 46.8 Å². The predicted octanol–water partition coefficient (Wildman–Crippen LogP) is 4.10. The molecule has 3 rings (SSSR count). The van der Waals surface area contributed by atoms with Crippen LogP contribution in [-0.4, -0.2) is 24.5 Å². The van der Waals surface area contributed by atoms with E-state index in [1.807, 2.05) is 32.0 Å². The second-order valence-corrected chi connectivity index (χ2v) is 9.84. The van der Waals surface area contributed by atoms with E-state index < -0.39 is 22.0 Å². The summed E-state index contributed by atoms with van der Waals surface area (Å²) in [6, 6.07) is 11.7. The van der Waals surface area contributed by atoms with Crippen LogP contribution in [0, 0.1) is 13.8 Å². The number of aromatic nitrogens is 2. The summed E-state index contributed by atoms with van der Waals surface area (Å²) in [5.41, 5.74) is 3.34. The molecule has 152 valence electrons. The lowest BCUT2D eigenvalue weighted by Gasteiger charge is -2.16. The van der Waals surface area contributed by atoms with Crippen LogP contribution in [0.1, 0.15) is 40.0 Å². The number of anilines is 1. The summed E-state index contributed by atoms with van der Waals surface area (Å²) in [6.45, 7) is 5.68. The summed E-state index contributed by atoms with van der Waals surface area (Å²) in [6.07, 6.45) is 0. The van der Waals surface area contributed by atoms with E-state index in [4.69, 9.17) is 11.6 Å². The van der Waals surface area contributed by atoms with Gasteiger partial charge in [0.15, 0.2) is 0 Å². The van der Waals surface area contributed by atoms with Gasteiger partial charge in [-0.15, -0.1) is 10.2 Å². The summed E-state index contributed by atoms with van der Waals surface area (Å²) >= 11 is 6.59. The zero-order chi connectivity index (χ0) is 21.2. The van der Waals surface area contributed by atoms with Crippen molar-refractivity contribution >= 4 is 44.0 Å². The largest absolute Gasteiger partial charge is 0.296 e. The molecule has 0 bridgehead atoms. The first kappa shape index (κ1) is 21.4. The molecule has 29 heavy (non-hydrogen) atoms. The van der Waals surface area contributed by atoms with Crippen LogP contribution >= 0.6 is 22.9 Å². The first-order valence-corrected chi connectivity index (χ1v) is 11.3. The van der Waals surface area contributed by atoms with E-state index in [-0.39, 0.29) is 9.47 Å². The Bertz CT molecular complexity index is 1140. The number of carbonyl (C=O) groups excluding carboxylic acids is 1. The highest BCUT2D eigenvalue weighted by Gasteiger charge is 2.24. The number of halogens is 1. The quantitative estimate of drug-likeness (QED) is 0.550. The molecule has 1 heterocycles. The van der Waals surface area contributed by atoms with Gasteiger partial charge < -0.3 is 0 Å². The van der Waals surface area contributed by atoms with Crippen molar-refractivity contribution in [3.63, 3.8) is 0 Å². The minimum atomic E-state index is -3.89.